The number of nitrogens with one attached hydrogen (secondary N) is 1. The largest absolute Gasteiger partial charge is 0.497 e. The van der Waals surface area contributed by atoms with Gasteiger partial charge in [0.1, 0.15) is 11.6 Å². The van der Waals surface area contributed by atoms with E-state index in [1.165, 1.54) is 17.7 Å². The number of hydrogen-bond donors (Lipinski definition) is 1. The highest BCUT2D eigenvalue weighted by Crippen LogP contribution is 2.21. The molecule has 4 rings (SSSR count). The van der Waals surface area contributed by atoms with E-state index in [-0.39, 0.29) is 17.9 Å². The zero-order valence-electron chi connectivity index (χ0n) is 19.5. The Bertz CT molecular complexity index is 1050. The first kappa shape index (κ1) is 23.7. The van der Waals surface area contributed by atoms with Crippen LogP contribution in [0.25, 0.3) is 0 Å². The van der Waals surface area contributed by atoms with Crippen molar-refractivity contribution in [2.24, 2.45) is 0 Å². The zero-order valence-corrected chi connectivity index (χ0v) is 19.5. The second-order valence-electron chi connectivity index (χ2n) is 8.60. The molecule has 0 atom stereocenters. The maximum Gasteiger partial charge on any atom is 0.322 e. The molecule has 1 saturated heterocycles. The number of likely N-dealkylation sites (tertiary alicyclic amines) is 1. The van der Waals surface area contributed by atoms with Crippen LogP contribution in [0.5, 0.6) is 5.75 Å². The lowest BCUT2D eigenvalue weighted by atomic mass is 10.0. The number of hydrogen-bond acceptors (Lipinski definition) is 4. The Morgan fingerprint density at radius 2 is 1.91 bits per heavy atom. The molecule has 1 fully saturated rings. The first-order valence-electron chi connectivity index (χ1n) is 11.7. The van der Waals surface area contributed by atoms with Crippen LogP contribution >= 0.6 is 0 Å². The van der Waals surface area contributed by atoms with Crippen LogP contribution in [0.4, 0.5) is 14.9 Å². The number of halogens is 1. The van der Waals surface area contributed by atoms with Crippen LogP contribution in [0, 0.1) is 5.82 Å². The highest BCUT2D eigenvalue weighted by Gasteiger charge is 2.28. The van der Waals surface area contributed by atoms with Gasteiger partial charge in [0.25, 0.3) is 0 Å². The van der Waals surface area contributed by atoms with Gasteiger partial charge in [-0.05, 0) is 66.8 Å². The Morgan fingerprint density at radius 1 is 1.12 bits per heavy atom. The van der Waals surface area contributed by atoms with Crippen LogP contribution in [0.3, 0.4) is 0 Å². The zero-order chi connectivity index (χ0) is 23.8. The monoisotopic (exact) mass is 462 g/mol. The first-order chi connectivity index (χ1) is 16.6. The topological polar surface area (TPSA) is 57.7 Å². The van der Waals surface area contributed by atoms with Crippen molar-refractivity contribution < 1.29 is 13.9 Å². The van der Waals surface area contributed by atoms with Crippen molar-refractivity contribution >= 4 is 11.7 Å². The quantitative estimate of drug-likeness (QED) is 0.514. The molecule has 7 heteroatoms. The van der Waals surface area contributed by atoms with Gasteiger partial charge in [-0.25, -0.2) is 9.18 Å². The van der Waals surface area contributed by atoms with Crippen molar-refractivity contribution in [3.63, 3.8) is 0 Å². The summed E-state index contributed by atoms with van der Waals surface area (Å²) >= 11 is 0. The van der Waals surface area contributed by atoms with Crippen molar-refractivity contribution in [1.82, 2.24) is 14.8 Å². The first-order valence-corrected chi connectivity index (χ1v) is 11.7. The minimum Gasteiger partial charge on any atom is -0.497 e. The van der Waals surface area contributed by atoms with Crippen LogP contribution in [0.1, 0.15) is 24.0 Å². The SMILES string of the molecule is COc1ccc(CCN2CCC(N(Cc3cccnc3)C(=O)Nc3cccc(F)c3)CC2)cc1. The second kappa shape index (κ2) is 11.6. The van der Waals surface area contributed by atoms with Crippen molar-refractivity contribution in [2.45, 2.75) is 31.8 Å². The fraction of sp³-hybridized carbons (Fsp3) is 0.333. The van der Waals surface area contributed by atoms with Gasteiger partial charge in [-0.2, -0.15) is 0 Å². The number of piperidine rings is 1. The molecule has 0 aliphatic carbocycles. The highest BCUT2D eigenvalue weighted by molar-refractivity contribution is 5.89. The molecule has 2 aromatic carbocycles. The Balaban J connectivity index is 1.36. The number of urea groups is 1. The van der Waals surface area contributed by atoms with E-state index < -0.39 is 0 Å². The number of carbonyl (C=O) groups is 1. The number of anilines is 1. The number of amides is 2. The van der Waals surface area contributed by atoms with E-state index in [1.807, 2.05) is 29.2 Å². The van der Waals surface area contributed by atoms with E-state index in [0.29, 0.717) is 12.2 Å². The van der Waals surface area contributed by atoms with Gasteiger partial charge in [-0.1, -0.05) is 24.3 Å². The number of methoxy groups -OCH3 is 1. The third-order valence-electron chi connectivity index (χ3n) is 6.29. The van der Waals surface area contributed by atoms with Crippen molar-refractivity contribution in [2.75, 3.05) is 32.1 Å². The van der Waals surface area contributed by atoms with Gasteiger partial charge in [0.05, 0.1) is 7.11 Å². The van der Waals surface area contributed by atoms with E-state index in [4.69, 9.17) is 4.74 Å². The molecule has 2 heterocycles. The van der Waals surface area contributed by atoms with Gasteiger partial charge in [-0.15, -0.1) is 0 Å². The molecule has 6 nitrogen and oxygen atoms in total. The van der Waals surface area contributed by atoms with E-state index in [0.717, 1.165) is 50.2 Å². The van der Waals surface area contributed by atoms with Crippen molar-refractivity contribution in [3.8, 4) is 5.75 Å². The normalized spacial score (nSPS) is 14.5. The average Bonchev–Trinajstić information content (AvgIpc) is 2.87. The summed E-state index contributed by atoms with van der Waals surface area (Å²) in [7, 11) is 1.68. The number of aromatic nitrogens is 1. The number of rotatable bonds is 8. The molecule has 0 radical (unpaired) electrons. The minimum atomic E-state index is -0.373. The molecule has 3 aromatic rings. The molecule has 0 unspecified atom stereocenters. The summed E-state index contributed by atoms with van der Waals surface area (Å²) in [5.74, 6) is 0.497. The summed E-state index contributed by atoms with van der Waals surface area (Å²) in [6, 6.07) is 17.9. The number of ether oxygens (including phenoxy) is 1. The maximum absolute atomic E-state index is 13.6. The van der Waals surface area contributed by atoms with Crippen LogP contribution < -0.4 is 10.1 Å². The Kier molecular flexibility index (Phi) is 8.09. The number of pyridine rings is 1. The van der Waals surface area contributed by atoms with Crippen LogP contribution in [-0.4, -0.2) is 53.6 Å². The molecule has 1 aliphatic rings. The van der Waals surface area contributed by atoms with Crippen LogP contribution in [0.2, 0.25) is 0 Å². The van der Waals surface area contributed by atoms with E-state index >= 15 is 0 Å². The molecule has 1 N–H and O–H groups in total. The lowest BCUT2D eigenvalue weighted by Crippen LogP contribution is -2.48. The average molecular weight is 463 g/mol. The maximum atomic E-state index is 13.6. The standard InChI is InChI=1S/C27H31FN4O2/c1-34-26-9-7-21(8-10-26)11-15-31-16-12-25(13-17-31)32(20-22-4-3-14-29-19-22)27(33)30-24-6-2-5-23(28)18-24/h2-10,14,18-19,25H,11-13,15-17,20H2,1H3,(H,30,33). The summed E-state index contributed by atoms with van der Waals surface area (Å²) < 4.78 is 18.8. The second-order valence-corrected chi connectivity index (χ2v) is 8.60. The predicted octanol–water partition coefficient (Wildman–Crippen LogP) is 4.97. The van der Waals surface area contributed by atoms with E-state index in [9.17, 15) is 9.18 Å². The third kappa shape index (κ3) is 6.54. The third-order valence-corrected chi connectivity index (χ3v) is 6.29. The number of benzene rings is 2. The minimum absolute atomic E-state index is 0.103. The van der Waals surface area contributed by atoms with Gasteiger partial charge in [0.2, 0.25) is 0 Å². The van der Waals surface area contributed by atoms with Crippen molar-refractivity contribution in [3.05, 3.63) is 90.0 Å². The Labute approximate surface area is 200 Å². The molecule has 2 amide bonds. The number of nitrogens with zero attached hydrogens (tertiary/aromatic N) is 3. The molecule has 34 heavy (non-hydrogen) atoms. The van der Waals surface area contributed by atoms with Gasteiger partial charge >= 0.3 is 6.03 Å². The summed E-state index contributed by atoms with van der Waals surface area (Å²) in [6.07, 6.45) is 6.27. The summed E-state index contributed by atoms with van der Waals surface area (Å²) in [5, 5.41) is 2.87. The predicted molar refractivity (Wildman–Crippen MR) is 131 cm³/mol. The van der Waals surface area contributed by atoms with Crippen molar-refractivity contribution in [1.29, 1.82) is 0 Å². The molecule has 1 aliphatic heterocycles. The Hall–Kier alpha value is -3.45. The lowest BCUT2D eigenvalue weighted by Gasteiger charge is -2.38. The molecule has 0 spiro atoms. The fourth-order valence-electron chi connectivity index (χ4n) is 4.35. The Morgan fingerprint density at radius 3 is 2.59 bits per heavy atom. The molecule has 178 valence electrons. The van der Waals surface area contributed by atoms with Gasteiger partial charge in [-0.3, -0.25) is 4.98 Å². The van der Waals surface area contributed by atoms with Gasteiger partial charge in [0.15, 0.2) is 0 Å². The van der Waals surface area contributed by atoms with Crippen LogP contribution in [-0.2, 0) is 13.0 Å². The molecule has 1 aromatic heterocycles. The summed E-state index contributed by atoms with van der Waals surface area (Å²) in [6.45, 7) is 3.30. The fourth-order valence-corrected chi connectivity index (χ4v) is 4.35. The van der Waals surface area contributed by atoms with E-state index in [2.05, 4.69) is 27.3 Å². The molecule has 0 saturated carbocycles. The smallest absolute Gasteiger partial charge is 0.322 e. The van der Waals surface area contributed by atoms with E-state index in [1.54, 1.807) is 31.6 Å². The highest BCUT2D eigenvalue weighted by atomic mass is 19.1. The lowest BCUT2D eigenvalue weighted by molar-refractivity contribution is 0.124. The van der Waals surface area contributed by atoms with Crippen LogP contribution in [0.15, 0.2) is 73.1 Å². The molecular formula is C27H31FN4O2. The number of carbonyl (C=O) groups excluding carboxylic acids is 1. The molecule has 0 bridgehead atoms. The summed E-state index contributed by atoms with van der Waals surface area (Å²) in [5.41, 5.74) is 2.72. The molecular weight excluding hydrogens is 431 g/mol. The summed E-state index contributed by atoms with van der Waals surface area (Å²) in [4.78, 5) is 21.7. The van der Waals surface area contributed by atoms with Gasteiger partial charge in [0, 0.05) is 50.3 Å². The van der Waals surface area contributed by atoms with Gasteiger partial charge < -0.3 is 19.9 Å².